The zero-order valence-electron chi connectivity index (χ0n) is 17.7. The van der Waals surface area contributed by atoms with Gasteiger partial charge >= 0.3 is 0 Å². The molecule has 31 heavy (non-hydrogen) atoms. The van der Waals surface area contributed by atoms with E-state index >= 15 is 0 Å². The van der Waals surface area contributed by atoms with E-state index in [0.717, 1.165) is 5.56 Å². The summed E-state index contributed by atoms with van der Waals surface area (Å²) in [5.41, 5.74) is 2.37. The number of carbonyl (C=O) groups is 1. The van der Waals surface area contributed by atoms with Crippen molar-refractivity contribution in [2.24, 2.45) is 0 Å². The zero-order chi connectivity index (χ0) is 22.7. The molecule has 8 nitrogen and oxygen atoms in total. The van der Waals surface area contributed by atoms with Crippen molar-refractivity contribution in [3.8, 4) is 11.5 Å². The molecule has 1 aromatic heterocycles. The topological polar surface area (TPSA) is 99.3 Å². The monoisotopic (exact) mass is 442 g/mol. The third-order valence-corrected chi connectivity index (χ3v) is 5.36. The number of ether oxygens (including phenoxy) is 1. The second kappa shape index (κ2) is 9.18. The molecule has 1 atom stereocenters. The van der Waals surface area contributed by atoms with E-state index in [1.54, 1.807) is 30.7 Å². The number of rotatable bonds is 7. The molecule has 1 amide bonds. The summed E-state index contributed by atoms with van der Waals surface area (Å²) in [6.07, 6.45) is 0.464. The van der Waals surface area contributed by atoms with E-state index in [9.17, 15) is 14.9 Å². The van der Waals surface area contributed by atoms with Gasteiger partial charge in [0.2, 0.25) is 5.91 Å². The maximum Gasteiger partial charge on any atom is 0.275 e. The molecule has 3 rings (SSSR count). The highest BCUT2D eigenvalue weighted by Gasteiger charge is 2.24. The third-order valence-electron chi connectivity index (χ3n) is 4.82. The summed E-state index contributed by atoms with van der Waals surface area (Å²) >= 11 is 6.22. The number of nitrogens with zero attached hydrogens (tertiary/aromatic N) is 3. The van der Waals surface area contributed by atoms with Crippen molar-refractivity contribution in [2.45, 2.75) is 40.2 Å². The van der Waals surface area contributed by atoms with Gasteiger partial charge in [-0.25, -0.2) is 0 Å². The average molecular weight is 443 g/mol. The second-order valence-electron chi connectivity index (χ2n) is 7.23. The molecule has 1 heterocycles. The third kappa shape index (κ3) is 5.03. The lowest BCUT2D eigenvalue weighted by Crippen LogP contribution is -2.27. The fourth-order valence-electron chi connectivity index (χ4n) is 3.28. The summed E-state index contributed by atoms with van der Waals surface area (Å²) in [7, 11) is 0. The van der Waals surface area contributed by atoms with Crippen LogP contribution in [0, 0.1) is 30.9 Å². The number of carbonyl (C=O) groups excluding carboxylic acids is 1. The lowest BCUT2D eigenvalue weighted by atomic mass is 10.2. The summed E-state index contributed by atoms with van der Waals surface area (Å²) in [5, 5.41) is 19.0. The van der Waals surface area contributed by atoms with Crippen molar-refractivity contribution in [2.75, 3.05) is 5.32 Å². The molecular formula is C22H23ClN4O4. The van der Waals surface area contributed by atoms with E-state index in [4.69, 9.17) is 16.3 Å². The van der Waals surface area contributed by atoms with Crippen molar-refractivity contribution >= 4 is 28.9 Å². The molecule has 0 aliphatic heterocycles. The summed E-state index contributed by atoms with van der Waals surface area (Å²) in [6.45, 7) is 7.34. The minimum Gasteiger partial charge on any atom is -0.457 e. The van der Waals surface area contributed by atoms with Crippen LogP contribution in [0.25, 0.3) is 0 Å². The summed E-state index contributed by atoms with van der Waals surface area (Å²) in [6, 6.07) is 10.9. The fourth-order valence-corrected chi connectivity index (χ4v) is 3.40. The number of nitro benzene ring substituents is 1. The van der Waals surface area contributed by atoms with Gasteiger partial charge in [0, 0.05) is 12.1 Å². The fraction of sp³-hybridized carbons (Fsp3) is 0.273. The molecule has 162 valence electrons. The van der Waals surface area contributed by atoms with Crippen molar-refractivity contribution < 1.29 is 14.5 Å². The molecule has 2 aromatic carbocycles. The number of nitro groups is 1. The quantitative estimate of drug-likeness (QED) is 0.371. The molecular weight excluding hydrogens is 420 g/mol. The Labute approximate surface area is 184 Å². The largest absolute Gasteiger partial charge is 0.457 e. The highest BCUT2D eigenvalue weighted by Crippen LogP contribution is 2.31. The second-order valence-corrected chi connectivity index (χ2v) is 7.61. The molecule has 0 fully saturated rings. The number of nitrogens with one attached hydrogen (secondary N) is 1. The van der Waals surface area contributed by atoms with Crippen LogP contribution >= 0.6 is 11.6 Å². The number of halogens is 1. The molecule has 0 spiro atoms. The molecule has 1 N–H and O–H groups in total. The van der Waals surface area contributed by atoms with Gasteiger partial charge in [0.05, 0.1) is 33.1 Å². The number of benzene rings is 2. The van der Waals surface area contributed by atoms with Crippen LogP contribution < -0.4 is 10.1 Å². The highest BCUT2D eigenvalue weighted by atomic mass is 35.5. The van der Waals surface area contributed by atoms with Crippen LogP contribution in [-0.2, 0) is 4.79 Å². The van der Waals surface area contributed by atoms with Gasteiger partial charge in [-0.3, -0.25) is 19.6 Å². The van der Waals surface area contributed by atoms with E-state index < -0.39 is 11.0 Å². The number of non-ortho nitro benzene ring substituents is 1. The summed E-state index contributed by atoms with van der Waals surface area (Å²) in [5.74, 6) is 0.436. The molecule has 9 heteroatoms. The van der Waals surface area contributed by atoms with Crippen molar-refractivity contribution in [1.82, 2.24) is 9.78 Å². The molecule has 1 unspecified atom stereocenters. The SMILES string of the molecule is CCC(C(=O)Nc1cc(Oc2cccc(C)c2)cc([N+](=O)[O-])c1)n1nc(C)c(Cl)c1C. The lowest BCUT2D eigenvalue weighted by molar-refractivity contribution is -0.384. The number of aryl methyl sites for hydroxylation is 2. The van der Waals surface area contributed by atoms with Crippen LogP contribution in [0.1, 0.15) is 36.3 Å². The van der Waals surface area contributed by atoms with Crippen LogP contribution in [0.5, 0.6) is 11.5 Å². The Morgan fingerprint density at radius 1 is 1.23 bits per heavy atom. The number of anilines is 1. The van der Waals surface area contributed by atoms with Gasteiger partial charge in [0.25, 0.3) is 5.69 Å². The summed E-state index contributed by atoms with van der Waals surface area (Å²) < 4.78 is 7.37. The van der Waals surface area contributed by atoms with Crippen molar-refractivity contribution in [3.05, 3.63) is 74.6 Å². The maximum absolute atomic E-state index is 13.0. The molecule has 0 aliphatic carbocycles. The molecule has 0 radical (unpaired) electrons. The first-order valence-corrected chi connectivity index (χ1v) is 10.1. The first kappa shape index (κ1) is 22.3. The average Bonchev–Trinajstić information content (AvgIpc) is 2.95. The Balaban J connectivity index is 1.90. The summed E-state index contributed by atoms with van der Waals surface area (Å²) in [4.78, 5) is 23.9. The van der Waals surface area contributed by atoms with Crippen molar-refractivity contribution in [3.63, 3.8) is 0 Å². The van der Waals surface area contributed by atoms with Crippen molar-refractivity contribution in [1.29, 1.82) is 0 Å². The Morgan fingerprint density at radius 2 is 1.97 bits per heavy atom. The molecule has 0 saturated heterocycles. The minimum absolute atomic E-state index is 0.192. The standard InChI is InChI=1S/C22H23ClN4O4/c1-5-20(26-15(4)21(23)14(3)25-26)22(28)24-16-10-17(27(29)30)12-19(11-16)31-18-8-6-7-13(2)9-18/h6-12,20H,5H2,1-4H3,(H,24,28). The van der Waals surface area contributed by atoms with Crippen LogP contribution in [0.3, 0.4) is 0 Å². The van der Waals surface area contributed by atoms with E-state index in [2.05, 4.69) is 10.4 Å². The van der Waals surface area contributed by atoms with Crippen LogP contribution in [0.4, 0.5) is 11.4 Å². The van der Waals surface area contributed by atoms with Gasteiger partial charge in [-0.05, 0) is 44.9 Å². The Morgan fingerprint density at radius 3 is 2.55 bits per heavy atom. The number of hydrogen-bond donors (Lipinski definition) is 1. The normalized spacial score (nSPS) is 11.8. The first-order chi connectivity index (χ1) is 14.7. The molecule has 0 saturated carbocycles. The smallest absolute Gasteiger partial charge is 0.275 e. The first-order valence-electron chi connectivity index (χ1n) is 9.75. The lowest BCUT2D eigenvalue weighted by Gasteiger charge is -2.17. The molecule has 0 aliphatic rings. The van der Waals surface area contributed by atoms with E-state index in [1.807, 2.05) is 32.0 Å². The van der Waals surface area contributed by atoms with Crippen LogP contribution in [0.2, 0.25) is 5.02 Å². The van der Waals surface area contributed by atoms with Gasteiger partial charge in [0.1, 0.15) is 17.5 Å². The van der Waals surface area contributed by atoms with Gasteiger partial charge in [0.15, 0.2) is 0 Å². The number of amides is 1. The van der Waals surface area contributed by atoms with Gasteiger partial charge in [-0.2, -0.15) is 5.10 Å². The Hall–Kier alpha value is -3.39. The van der Waals surface area contributed by atoms with Gasteiger partial charge in [-0.1, -0.05) is 30.7 Å². The maximum atomic E-state index is 13.0. The Kier molecular flexibility index (Phi) is 6.60. The van der Waals surface area contributed by atoms with E-state index in [-0.39, 0.29) is 23.0 Å². The van der Waals surface area contributed by atoms with Gasteiger partial charge < -0.3 is 10.1 Å². The highest BCUT2D eigenvalue weighted by molar-refractivity contribution is 6.31. The van der Waals surface area contributed by atoms with E-state index in [0.29, 0.717) is 28.6 Å². The predicted octanol–water partition coefficient (Wildman–Crippen LogP) is 5.75. The minimum atomic E-state index is -0.619. The zero-order valence-corrected chi connectivity index (χ0v) is 18.4. The van der Waals surface area contributed by atoms with Crippen LogP contribution in [0.15, 0.2) is 42.5 Å². The number of aromatic nitrogens is 2. The van der Waals surface area contributed by atoms with Gasteiger partial charge in [-0.15, -0.1) is 0 Å². The van der Waals surface area contributed by atoms with E-state index in [1.165, 1.54) is 12.1 Å². The predicted molar refractivity (Wildman–Crippen MR) is 119 cm³/mol. The Bertz CT molecular complexity index is 1140. The number of hydrogen-bond acceptors (Lipinski definition) is 5. The molecule has 0 bridgehead atoms. The van der Waals surface area contributed by atoms with Crippen LogP contribution in [-0.4, -0.2) is 20.6 Å². The molecule has 3 aromatic rings.